The molecule has 0 spiro atoms. The lowest BCUT2D eigenvalue weighted by Crippen LogP contribution is -2.28. The fraction of sp³-hybridized carbons (Fsp3) is 0.448. The predicted molar refractivity (Wildman–Crippen MR) is 148 cm³/mol. The Morgan fingerprint density at radius 3 is 1.30 bits per heavy atom. The van der Waals surface area contributed by atoms with Gasteiger partial charge in [0.15, 0.2) is 0 Å². The van der Waals surface area contributed by atoms with Gasteiger partial charge in [0.2, 0.25) is 0 Å². The lowest BCUT2D eigenvalue weighted by Gasteiger charge is -2.27. The smallest absolute Gasteiger partial charge is 0.149 e. The Kier molecular flexibility index (Phi) is 7.90. The number of rotatable bonds is 12. The molecule has 0 aliphatic carbocycles. The van der Waals surface area contributed by atoms with Crippen LogP contribution in [0.15, 0.2) is 68.5 Å². The number of nitrogens with zero attached hydrogens (tertiary/aromatic N) is 4. The van der Waals surface area contributed by atoms with E-state index < -0.39 is 23.5 Å². The molecule has 196 valence electrons. The van der Waals surface area contributed by atoms with E-state index in [0.717, 1.165) is 11.1 Å². The highest BCUT2D eigenvalue weighted by Crippen LogP contribution is 2.33. The van der Waals surface area contributed by atoms with Gasteiger partial charge in [-0.1, -0.05) is 38.1 Å². The highest BCUT2D eigenvalue weighted by molar-refractivity contribution is 6.18. The van der Waals surface area contributed by atoms with Crippen molar-refractivity contribution in [2.24, 2.45) is 20.0 Å². The molecule has 2 heterocycles. The van der Waals surface area contributed by atoms with Gasteiger partial charge in [0.25, 0.3) is 0 Å². The highest BCUT2D eigenvalue weighted by Gasteiger charge is 2.28. The summed E-state index contributed by atoms with van der Waals surface area (Å²) in [7, 11) is 0. The average molecular weight is 505 g/mol. The van der Waals surface area contributed by atoms with E-state index in [0.29, 0.717) is 24.3 Å². The average Bonchev–Trinajstić information content (AvgIpc) is 3.50. The zero-order valence-electron chi connectivity index (χ0n) is 21.9. The Balaban J connectivity index is 1.28. The van der Waals surface area contributed by atoms with Gasteiger partial charge >= 0.3 is 0 Å². The summed E-state index contributed by atoms with van der Waals surface area (Å²) in [4.78, 5) is 17.1. The summed E-state index contributed by atoms with van der Waals surface area (Å²) in [5.74, 6) is 1.40. The third-order valence-corrected chi connectivity index (χ3v) is 6.83. The highest BCUT2D eigenvalue weighted by atomic mass is 16.5. The van der Waals surface area contributed by atoms with Crippen LogP contribution < -0.4 is 9.47 Å². The van der Waals surface area contributed by atoms with Crippen molar-refractivity contribution in [2.75, 3.05) is 13.2 Å². The molecule has 0 radical (unpaired) electrons. The molecule has 2 aliphatic heterocycles. The molecule has 2 aromatic rings. The number of aliphatic imine (C=N–C) groups is 4. The van der Waals surface area contributed by atoms with E-state index in [1.54, 1.807) is 24.9 Å². The molecule has 0 saturated heterocycles. The molecular weight excluding hydrogens is 468 g/mol. The van der Waals surface area contributed by atoms with E-state index in [1.807, 2.05) is 62.4 Å². The monoisotopic (exact) mass is 504 g/mol. The Morgan fingerprint density at radius 2 is 0.973 bits per heavy atom. The molecule has 2 unspecified atom stereocenters. The van der Waals surface area contributed by atoms with Crippen LogP contribution in [0, 0.1) is 0 Å². The number of hydrogen-bond acceptors (Lipinski definition) is 8. The first kappa shape index (κ1) is 26.7. The first-order valence-electron chi connectivity index (χ1n) is 12.6. The second kappa shape index (κ2) is 10.9. The largest absolute Gasteiger partial charge is 0.491 e. The van der Waals surface area contributed by atoms with Crippen molar-refractivity contribution in [1.29, 1.82) is 0 Å². The first-order chi connectivity index (χ1) is 17.6. The van der Waals surface area contributed by atoms with Crippen molar-refractivity contribution >= 4 is 24.9 Å². The third-order valence-electron chi connectivity index (χ3n) is 6.83. The lowest BCUT2D eigenvalue weighted by molar-refractivity contribution is 0.0832. The molecule has 2 atom stereocenters. The SMILES string of the molecule is CC1(CC(O)COc2ccc(C(C)(C)c3ccc(OCC(O)CC4(C)N=CC=N4)cc3)cc2)N=CC=N1. The maximum atomic E-state index is 10.3. The zero-order valence-corrected chi connectivity index (χ0v) is 21.9. The van der Waals surface area contributed by atoms with Gasteiger partial charge in [0.1, 0.15) is 36.0 Å². The summed E-state index contributed by atoms with van der Waals surface area (Å²) in [5.41, 5.74) is 0.829. The van der Waals surface area contributed by atoms with E-state index in [-0.39, 0.29) is 18.6 Å². The van der Waals surface area contributed by atoms with E-state index in [1.165, 1.54) is 0 Å². The fourth-order valence-corrected chi connectivity index (χ4v) is 4.55. The van der Waals surface area contributed by atoms with E-state index in [9.17, 15) is 10.2 Å². The molecule has 2 aromatic carbocycles. The molecule has 2 N–H and O–H groups in total. The second-order valence-corrected chi connectivity index (χ2v) is 10.6. The molecule has 0 amide bonds. The number of ether oxygens (including phenoxy) is 2. The van der Waals surface area contributed by atoms with Crippen molar-refractivity contribution < 1.29 is 19.7 Å². The van der Waals surface area contributed by atoms with Gasteiger partial charge in [-0.05, 0) is 49.2 Å². The summed E-state index contributed by atoms with van der Waals surface area (Å²) in [6.07, 6.45) is 6.11. The van der Waals surface area contributed by atoms with Crippen LogP contribution in [0.3, 0.4) is 0 Å². The summed E-state index contributed by atoms with van der Waals surface area (Å²) >= 11 is 0. The quantitative estimate of drug-likeness (QED) is 0.455. The Morgan fingerprint density at radius 1 is 0.649 bits per heavy atom. The van der Waals surface area contributed by atoms with Gasteiger partial charge in [0, 0.05) is 43.1 Å². The third kappa shape index (κ3) is 6.90. The number of aliphatic hydroxyl groups excluding tert-OH is 2. The van der Waals surface area contributed by atoms with Crippen LogP contribution >= 0.6 is 0 Å². The van der Waals surface area contributed by atoms with Crippen LogP contribution in [0.5, 0.6) is 11.5 Å². The summed E-state index contributed by atoms with van der Waals surface area (Å²) in [5, 5.41) is 20.7. The molecule has 2 aliphatic rings. The van der Waals surface area contributed by atoms with Crippen LogP contribution in [0.4, 0.5) is 0 Å². The molecular formula is C29H36N4O4. The molecule has 0 saturated carbocycles. The van der Waals surface area contributed by atoms with E-state index >= 15 is 0 Å². The molecule has 0 aromatic heterocycles. The molecule has 0 bridgehead atoms. The number of benzene rings is 2. The summed E-state index contributed by atoms with van der Waals surface area (Å²) in [6, 6.07) is 15.9. The van der Waals surface area contributed by atoms with Crippen molar-refractivity contribution in [3.8, 4) is 11.5 Å². The lowest BCUT2D eigenvalue weighted by atomic mass is 9.78. The maximum absolute atomic E-state index is 10.3. The molecule has 0 fully saturated rings. The summed E-state index contributed by atoms with van der Waals surface area (Å²) < 4.78 is 11.6. The maximum Gasteiger partial charge on any atom is 0.149 e. The van der Waals surface area contributed by atoms with Crippen molar-refractivity contribution in [2.45, 2.75) is 69.5 Å². The van der Waals surface area contributed by atoms with Crippen LogP contribution in [-0.4, -0.2) is 71.8 Å². The minimum atomic E-state index is -0.664. The predicted octanol–water partition coefficient (Wildman–Crippen LogP) is 4.01. The van der Waals surface area contributed by atoms with Crippen molar-refractivity contribution in [1.82, 2.24) is 0 Å². The number of aliphatic hydroxyl groups is 2. The Labute approximate surface area is 218 Å². The van der Waals surface area contributed by atoms with Crippen LogP contribution in [0.25, 0.3) is 0 Å². The van der Waals surface area contributed by atoms with Crippen LogP contribution in [0.2, 0.25) is 0 Å². The standard InChI is InChI=1S/C29H36N4O4/c1-27(2,21-5-9-25(10-6-21)36-19-23(34)17-28(3)30-13-14-31-28)22-7-11-26(12-8-22)37-20-24(35)18-29(4)32-15-16-33-29/h5-16,23-24,34-35H,17-20H2,1-4H3. The Bertz CT molecular complexity index is 1050. The minimum absolute atomic E-state index is 0.180. The first-order valence-corrected chi connectivity index (χ1v) is 12.6. The van der Waals surface area contributed by atoms with Crippen LogP contribution in [-0.2, 0) is 5.41 Å². The number of hydrogen-bond donors (Lipinski definition) is 2. The van der Waals surface area contributed by atoms with Gasteiger partial charge in [-0.3, -0.25) is 20.0 Å². The van der Waals surface area contributed by atoms with Gasteiger partial charge in [-0.25, -0.2) is 0 Å². The second-order valence-electron chi connectivity index (χ2n) is 10.6. The normalized spacial score (nSPS) is 18.8. The van der Waals surface area contributed by atoms with Crippen molar-refractivity contribution in [3.05, 3.63) is 59.7 Å². The molecule has 37 heavy (non-hydrogen) atoms. The fourth-order valence-electron chi connectivity index (χ4n) is 4.55. The minimum Gasteiger partial charge on any atom is -0.491 e. The molecule has 8 heteroatoms. The molecule has 8 nitrogen and oxygen atoms in total. The zero-order chi connectivity index (χ0) is 26.5. The van der Waals surface area contributed by atoms with Gasteiger partial charge < -0.3 is 19.7 Å². The van der Waals surface area contributed by atoms with Crippen LogP contribution in [0.1, 0.15) is 51.7 Å². The summed E-state index contributed by atoms with van der Waals surface area (Å²) in [6.45, 7) is 8.46. The van der Waals surface area contributed by atoms with Gasteiger partial charge in [-0.2, -0.15) is 0 Å². The van der Waals surface area contributed by atoms with Crippen molar-refractivity contribution in [3.63, 3.8) is 0 Å². The Hall–Kier alpha value is -3.36. The van der Waals surface area contributed by atoms with E-state index in [2.05, 4.69) is 33.8 Å². The van der Waals surface area contributed by atoms with E-state index in [4.69, 9.17) is 9.47 Å². The topological polar surface area (TPSA) is 108 Å². The molecule has 4 rings (SSSR count). The van der Waals surface area contributed by atoms with Gasteiger partial charge in [-0.15, -0.1) is 0 Å². The van der Waals surface area contributed by atoms with Gasteiger partial charge in [0.05, 0.1) is 12.2 Å².